The maximum atomic E-state index is 12.1. The summed E-state index contributed by atoms with van der Waals surface area (Å²) in [4.78, 5) is 24.3. The van der Waals surface area contributed by atoms with Crippen molar-refractivity contribution in [2.24, 2.45) is 0 Å². The molecule has 2 heterocycles. The molecule has 1 saturated heterocycles. The third kappa shape index (κ3) is 2.51. The highest BCUT2D eigenvalue weighted by Crippen LogP contribution is 2.15. The zero-order valence-electron chi connectivity index (χ0n) is 9.96. The van der Waals surface area contributed by atoms with Gasteiger partial charge in [-0.15, -0.1) is 0 Å². The van der Waals surface area contributed by atoms with E-state index in [1.54, 1.807) is 12.0 Å². The van der Waals surface area contributed by atoms with Crippen molar-refractivity contribution in [1.82, 2.24) is 10.1 Å². The van der Waals surface area contributed by atoms with Gasteiger partial charge in [0.15, 0.2) is 5.69 Å². The molecule has 98 valence electrons. The number of rotatable bonds is 3. The smallest absolute Gasteiger partial charge is 0.374 e. The molecule has 0 saturated carbocycles. The summed E-state index contributed by atoms with van der Waals surface area (Å²) in [6, 6.07) is 1.14. The van der Waals surface area contributed by atoms with Gasteiger partial charge in [-0.1, -0.05) is 5.16 Å². The second-order valence-corrected chi connectivity index (χ2v) is 4.13. The molecule has 18 heavy (non-hydrogen) atoms. The highest BCUT2D eigenvalue weighted by molar-refractivity contribution is 5.94. The van der Waals surface area contributed by atoms with Crippen LogP contribution in [-0.4, -0.2) is 53.3 Å². The van der Waals surface area contributed by atoms with E-state index in [1.807, 2.05) is 0 Å². The number of carbonyl (C=O) groups excluding carboxylic acids is 1. The lowest BCUT2D eigenvalue weighted by Gasteiger charge is -2.31. The van der Waals surface area contributed by atoms with Crippen LogP contribution in [0.3, 0.4) is 0 Å². The zero-order chi connectivity index (χ0) is 13.1. The van der Waals surface area contributed by atoms with Crippen molar-refractivity contribution in [2.45, 2.75) is 18.9 Å². The third-order valence-electron chi connectivity index (χ3n) is 2.94. The van der Waals surface area contributed by atoms with Crippen molar-refractivity contribution in [3.63, 3.8) is 0 Å². The molecule has 7 nitrogen and oxygen atoms in total. The van der Waals surface area contributed by atoms with Crippen molar-refractivity contribution in [3.05, 3.63) is 17.5 Å². The van der Waals surface area contributed by atoms with Gasteiger partial charge in [-0.3, -0.25) is 4.79 Å². The zero-order valence-corrected chi connectivity index (χ0v) is 9.96. The largest absolute Gasteiger partial charge is 0.475 e. The van der Waals surface area contributed by atoms with E-state index in [2.05, 4.69) is 9.68 Å². The number of carbonyl (C=O) groups is 2. The van der Waals surface area contributed by atoms with Crippen LogP contribution in [0.2, 0.25) is 0 Å². The Morgan fingerprint density at radius 1 is 1.61 bits per heavy atom. The average molecular weight is 254 g/mol. The van der Waals surface area contributed by atoms with E-state index in [1.165, 1.54) is 0 Å². The van der Waals surface area contributed by atoms with Crippen molar-refractivity contribution >= 4 is 11.9 Å². The van der Waals surface area contributed by atoms with Gasteiger partial charge in [0.1, 0.15) is 0 Å². The molecule has 7 heteroatoms. The van der Waals surface area contributed by atoms with Crippen LogP contribution >= 0.6 is 0 Å². The van der Waals surface area contributed by atoms with Gasteiger partial charge in [0.05, 0.1) is 6.10 Å². The second-order valence-electron chi connectivity index (χ2n) is 4.13. The Hall–Kier alpha value is -1.89. The van der Waals surface area contributed by atoms with E-state index < -0.39 is 5.97 Å². The molecule has 0 spiro atoms. The average Bonchev–Trinajstić information content (AvgIpc) is 2.87. The lowest BCUT2D eigenvalue weighted by Crippen LogP contribution is -2.43. The number of aromatic carboxylic acids is 1. The summed E-state index contributed by atoms with van der Waals surface area (Å²) in [5.74, 6) is -1.90. The lowest BCUT2D eigenvalue weighted by molar-refractivity contribution is 0.0263. The second kappa shape index (κ2) is 5.18. The molecule has 0 aliphatic carbocycles. The number of methoxy groups -OCH3 is 1. The maximum absolute atomic E-state index is 12.1. The summed E-state index contributed by atoms with van der Waals surface area (Å²) >= 11 is 0. The number of hydrogen-bond acceptors (Lipinski definition) is 5. The molecule has 0 radical (unpaired) electrons. The molecule has 1 N–H and O–H groups in total. The van der Waals surface area contributed by atoms with Crippen LogP contribution in [0.5, 0.6) is 0 Å². The summed E-state index contributed by atoms with van der Waals surface area (Å²) in [6.07, 6.45) is 1.79. The molecule has 1 aromatic heterocycles. The Kier molecular flexibility index (Phi) is 3.61. The third-order valence-corrected chi connectivity index (χ3v) is 2.94. The Balaban J connectivity index is 2.07. The van der Waals surface area contributed by atoms with Crippen molar-refractivity contribution in [3.8, 4) is 0 Å². The Morgan fingerprint density at radius 3 is 3.00 bits per heavy atom. The maximum Gasteiger partial charge on any atom is 0.374 e. The number of hydrogen-bond donors (Lipinski definition) is 1. The molecule has 0 bridgehead atoms. The number of likely N-dealkylation sites (tertiary alicyclic amines) is 1. The van der Waals surface area contributed by atoms with Crippen LogP contribution in [0.15, 0.2) is 10.6 Å². The molecule has 1 aliphatic heterocycles. The molecule has 1 aliphatic rings. The van der Waals surface area contributed by atoms with E-state index in [-0.39, 0.29) is 23.5 Å². The standard InChI is InChI=1S/C11H14N2O5/c1-17-7-3-2-4-13(6-7)10(14)8-5-9(11(15)16)18-12-8/h5,7H,2-4,6H2,1H3,(H,15,16). The van der Waals surface area contributed by atoms with Crippen LogP contribution < -0.4 is 0 Å². The van der Waals surface area contributed by atoms with Gasteiger partial charge in [0.2, 0.25) is 5.76 Å². The minimum atomic E-state index is -1.24. The number of ether oxygens (including phenoxy) is 1. The van der Waals surface area contributed by atoms with E-state index in [4.69, 9.17) is 9.84 Å². The number of amides is 1. The van der Waals surface area contributed by atoms with Gasteiger partial charge in [-0.05, 0) is 12.8 Å². The minimum absolute atomic E-state index is 0.0177. The lowest BCUT2D eigenvalue weighted by atomic mass is 10.1. The van der Waals surface area contributed by atoms with E-state index in [0.29, 0.717) is 13.1 Å². The molecule has 1 aromatic rings. The SMILES string of the molecule is COC1CCCN(C(=O)c2cc(C(=O)O)on2)C1. The van der Waals surface area contributed by atoms with Crippen LogP contribution in [0, 0.1) is 0 Å². The summed E-state index contributed by atoms with van der Waals surface area (Å²) in [7, 11) is 1.61. The summed E-state index contributed by atoms with van der Waals surface area (Å²) in [5.41, 5.74) is 0.0177. The molecular weight excluding hydrogens is 240 g/mol. The molecule has 1 amide bonds. The molecule has 0 aromatic carbocycles. The summed E-state index contributed by atoms with van der Waals surface area (Å²) < 4.78 is 9.78. The fraction of sp³-hybridized carbons (Fsp3) is 0.545. The molecule has 1 unspecified atom stereocenters. The molecular formula is C11H14N2O5. The Bertz CT molecular complexity index is 456. The van der Waals surface area contributed by atoms with Crippen LogP contribution in [0.4, 0.5) is 0 Å². The van der Waals surface area contributed by atoms with Crippen LogP contribution in [-0.2, 0) is 4.74 Å². The predicted molar refractivity (Wildman–Crippen MR) is 59.4 cm³/mol. The topological polar surface area (TPSA) is 92.9 Å². The first-order chi connectivity index (χ1) is 8.61. The fourth-order valence-electron chi connectivity index (χ4n) is 1.95. The highest BCUT2D eigenvalue weighted by Gasteiger charge is 2.27. The Labute approximate surface area is 103 Å². The van der Waals surface area contributed by atoms with Gasteiger partial charge in [0.25, 0.3) is 5.91 Å². The summed E-state index contributed by atoms with van der Waals surface area (Å²) in [5, 5.41) is 12.2. The van der Waals surface area contributed by atoms with Gasteiger partial charge in [-0.2, -0.15) is 0 Å². The first kappa shape index (κ1) is 12.6. The number of piperidine rings is 1. The van der Waals surface area contributed by atoms with Crippen molar-refractivity contribution < 1.29 is 24.0 Å². The minimum Gasteiger partial charge on any atom is -0.475 e. The van der Waals surface area contributed by atoms with Crippen LogP contribution in [0.25, 0.3) is 0 Å². The monoisotopic (exact) mass is 254 g/mol. The van der Waals surface area contributed by atoms with Crippen molar-refractivity contribution in [2.75, 3.05) is 20.2 Å². The quantitative estimate of drug-likeness (QED) is 0.850. The molecule has 1 atom stereocenters. The number of carboxylic acid groups (broad SMARTS) is 1. The predicted octanol–water partition coefficient (Wildman–Crippen LogP) is 0.624. The normalized spacial score (nSPS) is 19.8. The first-order valence-corrected chi connectivity index (χ1v) is 5.64. The van der Waals surface area contributed by atoms with Crippen molar-refractivity contribution in [1.29, 1.82) is 0 Å². The number of nitrogens with zero attached hydrogens (tertiary/aromatic N) is 2. The van der Waals surface area contributed by atoms with Gasteiger partial charge >= 0.3 is 5.97 Å². The van der Waals surface area contributed by atoms with Crippen LogP contribution in [0.1, 0.15) is 33.9 Å². The van der Waals surface area contributed by atoms with E-state index in [9.17, 15) is 9.59 Å². The van der Waals surface area contributed by atoms with E-state index >= 15 is 0 Å². The van der Waals surface area contributed by atoms with Gasteiger partial charge in [0, 0.05) is 26.3 Å². The Morgan fingerprint density at radius 2 is 2.39 bits per heavy atom. The number of aromatic nitrogens is 1. The van der Waals surface area contributed by atoms with Gasteiger partial charge in [-0.25, -0.2) is 4.79 Å². The fourth-order valence-corrected chi connectivity index (χ4v) is 1.95. The molecule has 2 rings (SSSR count). The first-order valence-electron chi connectivity index (χ1n) is 5.64. The highest BCUT2D eigenvalue weighted by atomic mass is 16.5. The number of carboxylic acids is 1. The van der Waals surface area contributed by atoms with E-state index in [0.717, 1.165) is 18.9 Å². The molecule has 1 fully saturated rings. The summed E-state index contributed by atoms with van der Waals surface area (Å²) in [6.45, 7) is 1.11. The van der Waals surface area contributed by atoms with Gasteiger partial charge < -0.3 is 19.3 Å².